The Bertz CT molecular complexity index is 1260. The highest BCUT2D eigenvalue weighted by atomic mass is 35.5. The van der Waals surface area contributed by atoms with Crippen LogP contribution in [0.15, 0.2) is 47.4 Å². The average molecular weight is 470 g/mol. The van der Waals surface area contributed by atoms with Gasteiger partial charge >= 0.3 is 5.97 Å². The second-order valence-electron chi connectivity index (χ2n) is 7.90. The van der Waals surface area contributed by atoms with Gasteiger partial charge < -0.3 is 23.9 Å². The molecule has 172 valence electrons. The number of carbonyl (C=O) groups is 1. The first kappa shape index (κ1) is 22.9. The van der Waals surface area contributed by atoms with Crippen molar-refractivity contribution in [2.75, 3.05) is 20.3 Å². The van der Waals surface area contributed by atoms with E-state index < -0.39 is 17.6 Å². The summed E-state index contributed by atoms with van der Waals surface area (Å²) in [5, 5.41) is 10.0. The van der Waals surface area contributed by atoms with Crippen molar-refractivity contribution in [2.45, 2.75) is 26.5 Å². The fourth-order valence-electron chi connectivity index (χ4n) is 3.96. The van der Waals surface area contributed by atoms with E-state index in [-0.39, 0.29) is 5.56 Å². The quantitative estimate of drug-likeness (QED) is 0.498. The monoisotopic (exact) mass is 469 g/mol. The average Bonchev–Trinajstić information content (AvgIpc) is 2.76. The summed E-state index contributed by atoms with van der Waals surface area (Å²) in [6.07, 6.45) is 1.30. The molecule has 33 heavy (non-hydrogen) atoms. The lowest BCUT2D eigenvalue weighted by molar-refractivity contribution is 0.0693. The van der Waals surface area contributed by atoms with Gasteiger partial charge in [0.05, 0.1) is 12.3 Å². The zero-order chi connectivity index (χ0) is 23.7. The summed E-state index contributed by atoms with van der Waals surface area (Å²) in [7, 11) is 1.64. The number of carboxylic acid groups (broad SMARTS) is 1. The third kappa shape index (κ3) is 4.34. The van der Waals surface area contributed by atoms with Gasteiger partial charge in [0.15, 0.2) is 5.43 Å². The number of aromatic carboxylic acids is 1. The van der Waals surface area contributed by atoms with E-state index in [9.17, 15) is 14.7 Å². The number of pyridine rings is 1. The number of fused-ring (bicyclic) bond motifs is 3. The Morgan fingerprint density at radius 2 is 1.97 bits per heavy atom. The Morgan fingerprint density at radius 1 is 1.18 bits per heavy atom. The fourth-order valence-corrected chi connectivity index (χ4v) is 4.28. The lowest BCUT2D eigenvalue weighted by Gasteiger charge is -2.33. The van der Waals surface area contributed by atoms with E-state index in [1.165, 1.54) is 12.3 Å². The third-order valence-electron chi connectivity index (χ3n) is 5.62. The number of ether oxygens (including phenoxy) is 3. The Kier molecular flexibility index (Phi) is 6.44. The zero-order valence-electron chi connectivity index (χ0n) is 18.6. The number of hydrogen-bond donors (Lipinski definition) is 1. The smallest absolute Gasteiger partial charge is 0.341 e. The molecule has 0 aliphatic carbocycles. The van der Waals surface area contributed by atoms with Gasteiger partial charge in [0.1, 0.15) is 17.1 Å². The van der Waals surface area contributed by atoms with E-state index in [1.54, 1.807) is 23.8 Å². The Hall–Kier alpha value is -3.29. The van der Waals surface area contributed by atoms with Gasteiger partial charge in [-0.2, -0.15) is 0 Å². The summed E-state index contributed by atoms with van der Waals surface area (Å²) in [5.41, 5.74) is 2.73. The molecule has 7 nitrogen and oxygen atoms in total. The van der Waals surface area contributed by atoms with E-state index in [1.807, 2.05) is 32.0 Å². The normalized spacial score (nSPS) is 14.2. The number of carboxylic acids is 1. The number of nitrogens with zero attached hydrogens (tertiary/aromatic N) is 1. The minimum Gasteiger partial charge on any atom is -0.493 e. The molecule has 1 aliphatic rings. The van der Waals surface area contributed by atoms with Crippen molar-refractivity contribution in [1.29, 1.82) is 0 Å². The summed E-state index contributed by atoms with van der Waals surface area (Å²) < 4.78 is 19.0. The molecule has 1 aromatic heterocycles. The van der Waals surface area contributed by atoms with Crippen LogP contribution in [-0.2, 0) is 4.74 Å². The maximum Gasteiger partial charge on any atom is 0.341 e. The molecule has 2 heterocycles. The molecule has 1 N–H and O–H groups in total. The summed E-state index contributed by atoms with van der Waals surface area (Å²) in [4.78, 5) is 24.2. The van der Waals surface area contributed by atoms with Crippen molar-refractivity contribution in [3.63, 3.8) is 0 Å². The van der Waals surface area contributed by atoms with Crippen molar-refractivity contribution >= 4 is 17.6 Å². The molecule has 0 fully saturated rings. The van der Waals surface area contributed by atoms with E-state index in [0.29, 0.717) is 46.6 Å². The van der Waals surface area contributed by atoms with Crippen molar-refractivity contribution in [3.05, 3.63) is 80.1 Å². The number of rotatable bonds is 7. The first-order valence-electron chi connectivity index (χ1n) is 10.5. The third-order valence-corrected chi connectivity index (χ3v) is 5.95. The van der Waals surface area contributed by atoms with Gasteiger partial charge in [-0.05, 0) is 37.1 Å². The van der Waals surface area contributed by atoms with E-state index in [0.717, 1.165) is 17.5 Å². The van der Waals surface area contributed by atoms with Gasteiger partial charge in [0.2, 0.25) is 6.23 Å². The van der Waals surface area contributed by atoms with Gasteiger partial charge in [-0.25, -0.2) is 4.79 Å². The minimum absolute atomic E-state index is 0.338. The zero-order valence-corrected chi connectivity index (χ0v) is 19.3. The number of aromatic nitrogens is 1. The number of benzene rings is 2. The number of hydrogen-bond acceptors (Lipinski definition) is 5. The lowest BCUT2D eigenvalue weighted by atomic mass is 10.00. The van der Waals surface area contributed by atoms with Crippen LogP contribution < -0.4 is 14.9 Å². The highest BCUT2D eigenvalue weighted by Crippen LogP contribution is 2.44. The first-order chi connectivity index (χ1) is 15.8. The molecule has 1 unspecified atom stereocenters. The summed E-state index contributed by atoms with van der Waals surface area (Å²) >= 11 is 6.54. The fraction of sp³-hybridized carbons (Fsp3) is 0.280. The van der Waals surface area contributed by atoms with Crippen molar-refractivity contribution < 1.29 is 24.1 Å². The van der Waals surface area contributed by atoms with Crippen LogP contribution in [0, 0.1) is 13.8 Å². The van der Waals surface area contributed by atoms with Crippen LogP contribution in [0.4, 0.5) is 0 Å². The Balaban J connectivity index is 1.89. The largest absolute Gasteiger partial charge is 0.493 e. The van der Waals surface area contributed by atoms with Crippen molar-refractivity contribution in [2.24, 2.45) is 0 Å². The minimum atomic E-state index is -1.30. The van der Waals surface area contributed by atoms with Gasteiger partial charge in [-0.1, -0.05) is 23.7 Å². The van der Waals surface area contributed by atoms with Crippen LogP contribution in [0.25, 0.3) is 11.3 Å². The van der Waals surface area contributed by atoms with Crippen LogP contribution in [0.3, 0.4) is 0 Å². The number of methoxy groups -OCH3 is 1. The molecule has 0 bridgehead atoms. The van der Waals surface area contributed by atoms with Crippen LogP contribution in [0.2, 0.25) is 5.02 Å². The second-order valence-corrected chi connectivity index (χ2v) is 8.31. The Morgan fingerprint density at radius 3 is 2.67 bits per heavy atom. The molecule has 3 aromatic rings. The number of aryl methyl sites for hydroxylation is 2. The predicted molar refractivity (Wildman–Crippen MR) is 125 cm³/mol. The molecular weight excluding hydrogens is 446 g/mol. The second kappa shape index (κ2) is 9.29. The van der Waals surface area contributed by atoms with E-state index in [2.05, 4.69) is 0 Å². The summed E-state index contributed by atoms with van der Waals surface area (Å²) in [6, 6.07) is 10.5. The molecule has 0 amide bonds. The SMILES string of the molecule is COCCCOc1cc2c(cc1C)-c1cc(=O)c(C(=O)O)cn1C(c1c(C)cccc1Cl)O2. The highest BCUT2D eigenvalue weighted by Gasteiger charge is 2.31. The van der Waals surface area contributed by atoms with Crippen molar-refractivity contribution in [3.8, 4) is 22.8 Å². The van der Waals surface area contributed by atoms with Crippen LogP contribution >= 0.6 is 11.6 Å². The van der Waals surface area contributed by atoms with Crippen LogP contribution in [0.1, 0.15) is 39.7 Å². The van der Waals surface area contributed by atoms with E-state index >= 15 is 0 Å². The molecule has 0 saturated heterocycles. The topological polar surface area (TPSA) is 87.0 Å². The molecule has 1 aliphatic heterocycles. The van der Waals surface area contributed by atoms with Gasteiger partial charge in [-0.3, -0.25) is 4.79 Å². The van der Waals surface area contributed by atoms with Gasteiger partial charge in [0, 0.05) is 54.6 Å². The van der Waals surface area contributed by atoms with Gasteiger partial charge in [0.25, 0.3) is 0 Å². The number of halogens is 1. The van der Waals surface area contributed by atoms with Gasteiger partial charge in [-0.15, -0.1) is 0 Å². The van der Waals surface area contributed by atoms with E-state index in [4.69, 9.17) is 25.8 Å². The molecule has 2 aromatic carbocycles. The molecule has 0 radical (unpaired) electrons. The van der Waals surface area contributed by atoms with Crippen molar-refractivity contribution in [1.82, 2.24) is 4.57 Å². The molecular formula is C25H24ClNO6. The maximum atomic E-state index is 12.6. The molecule has 0 spiro atoms. The highest BCUT2D eigenvalue weighted by molar-refractivity contribution is 6.31. The molecule has 4 rings (SSSR count). The molecule has 0 saturated carbocycles. The maximum absolute atomic E-state index is 12.6. The summed E-state index contributed by atoms with van der Waals surface area (Å²) in [5.74, 6) is -0.113. The molecule has 1 atom stereocenters. The van der Waals surface area contributed by atoms with Crippen LogP contribution in [0.5, 0.6) is 11.5 Å². The predicted octanol–water partition coefficient (Wildman–Crippen LogP) is 4.84. The summed E-state index contributed by atoms with van der Waals surface area (Å²) in [6.45, 7) is 4.89. The first-order valence-corrected chi connectivity index (χ1v) is 10.9. The van der Waals surface area contributed by atoms with Crippen LogP contribution in [-0.4, -0.2) is 36.0 Å². The molecule has 8 heteroatoms. The Labute approximate surface area is 196 Å². The standard InChI is InChI=1S/C25H24ClNO6/c1-14-6-4-7-18(26)23(14)24-27-13-17(25(29)30)20(28)11-19(27)16-10-15(2)21(12-22(16)33-24)32-9-5-8-31-3/h4,6-7,10-13,24H,5,8-9H2,1-3H3,(H,29,30). The lowest BCUT2D eigenvalue weighted by Crippen LogP contribution is -2.28.